The fourth-order valence-electron chi connectivity index (χ4n) is 3.34. The fraction of sp³-hybridized carbons (Fsp3) is 0.286. The predicted octanol–water partition coefficient (Wildman–Crippen LogP) is 3.44. The van der Waals surface area contributed by atoms with E-state index in [4.69, 9.17) is 4.42 Å². The third-order valence-electron chi connectivity index (χ3n) is 4.92. The standard InChI is InChI=1S/C21H20N2O4S/c24-16(19-6-3-13-28-19)7-8-20(25)22-9-11-23(12-10-22)21(26)18-14-15-4-1-2-5-17(15)27-18/h1-6,13-14H,7-12H2. The molecular formula is C21H20N2O4S. The maximum atomic E-state index is 12.7. The van der Waals surface area contributed by atoms with Crippen molar-refractivity contribution in [2.75, 3.05) is 26.2 Å². The number of amides is 2. The predicted molar refractivity (Wildman–Crippen MR) is 107 cm³/mol. The Labute approximate surface area is 166 Å². The van der Waals surface area contributed by atoms with E-state index in [-0.39, 0.29) is 30.4 Å². The molecule has 2 amide bonds. The molecule has 0 bridgehead atoms. The van der Waals surface area contributed by atoms with Gasteiger partial charge < -0.3 is 14.2 Å². The SMILES string of the molecule is O=C(CCC(=O)N1CCN(C(=O)c2cc3ccccc3o2)CC1)c1cccs1. The molecule has 7 heteroatoms. The zero-order valence-corrected chi connectivity index (χ0v) is 16.1. The van der Waals surface area contributed by atoms with Crippen LogP contribution >= 0.6 is 11.3 Å². The van der Waals surface area contributed by atoms with Gasteiger partial charge >= 0.3 is 0 Å². The van der Waals surface area contributed by atoms with Crippen molar-refractivity contribution in [2.24, 2.45) is 0 Å². The lowest BCUT2D eigenvalue weighted by molar-refractivity contribution is -0.132. The Morgan fingerprint density at radius 1 is 0.929 bits per heavy atom. The molecule has 1 fully saturated rings. The minimum Gasteiger partial charge on any atom is -0.451 e. The maximum absolute atomic E-state index is 12.7. The summed E-state index contributed by atoms with van der Waals surface area (Å²) in [5, 5.41) is 2.75. The molecule has 1 aliphatic heterocycles. The Balaban J connectivity index is 1.29. The second-order valence-electron chi connectivity index (χ2n) is 6.72. The van der Waals surface area contributed by atoms with Crippen molar-refractivity contribution < 1.29 is 18.8 Å². The van der Waals surface area contributed by atoms with E-state index in [2.05, 4.69) is 0 Å². The quantitative estimate of drug-likeness (QED) is 0.620. The molecule has 0 radical (unpaired) electrons. The third-order valence-corrected chi connectivity index (χ3v) is 5.83. The van der Waals surface area contributed by atoms with Crippen LogP contribution in [-0.2, 0) is 4.79 Å². The molecule has 3 aromatic rings. The number of thiophene rings is 1. The number of carbonyl (C=O) groups is 3. The first kappa shape index (κ1) is 18.4. The van der Waals surface area contributed by atoms with E-state index < -0.39 is 0 Å². The Bertz CT molecular complexity index is 968. The topological polar surface area (TPSA) is 70.8 Å². The number of ketones is 1. The average Bonchev–Trinajstić information content (AvgIpc) is 3.41. The summed E-state index contributed by atoms with van der Waals surface area (Å²) in [6.45, 7) is 1.86. The first-order valence-corrected chi connectivity index (χ1v) is 10.1. The number of hydrogen-bond donors (Lipinski definition) is 0. The molecular weight excluding hydrogens is 376 g/mol. The zero-order valence-electron chi connectivity index (χ0n) is 15.3. The second kappa shape index (κ2) is 7.98. The Morgan fingerprint density at radius 2 is 1.68 bits per heavy atom. The number of para-hydroxylation sites is 1. The molecule has 1 aliphatic rings. The van der Waals surface area contributed by atoms with Crippen LogP contribution in [0.5, 0.6) is 0 Å². The average molecular weight is 396 g/mol. The highest BCUT2D eigenvalue weighted by molar-refractivity contribution is 7.12. The molecule has 0 spiro atoms. The highest BCUT2D eigenvalue weighted by atomic mass is 32.1. The molecule has 28 heavy (non-hydrogen) atoms. The van der Waals surface area contributed by atoms with Gasteiger partial charge in [-0.05, 0) is 23.6 Å². The summed E-state index contributed by atoms with van der Waals surface area (Å²) in [5.74, 6) is 0.126. The first-order valence-electron chi connectivity index (χ1n) is 9.24. The van der Waals surface area contributed by atoms with Gasteiger partial charge in [-0.1, -0.05) is 24.3 Å². The number of hydrogen-bond acceptors (Lipinski definition) is 5. The second-order valence-corrected chi connectivity index (χ2v) is 7.67. The number of Topliss-reactive ketones (excluding diaryl/α,β-unsaturated/α-hetero) is 1. The van der Waals surface area contributed by atoms with Crippen molar-refractivity contribution in [1.29, 1.82) is 0 Å². The summed E-state index contributed by atoms with van der Waals surface area (Å²) >= 11 is 1.39. The van der Waals surface area contributed by atoms with E-state index in [0.29, 0.717) is 42.4 Å². The van der Waals surface area contributed by atoms with Crippen LogP contribution in [-0.4, -0.2) is 53.6 Å². The summed E-state index contributed by atoms with van der Waals surface area (Å²) in [6.07, 6.45) is 0.422. The van der Waals surface area contributed by atoms with Crippen molar-refractivity contribution in [3.05, 3.63) is 58.5 Å². The smallest absolute Gasteiger partial charge is 0.289 e. The van der Waals surface area contributed by atoms with E-state index in [9.17, 15) is 14.4 Å². The Hall–Kier alpha value is -2.93. The minimum atomic E-state index is -0.156. The molecule has 0 saturated carbocycles. The molecule has 6 nitrogen and oxygen atoms in total. The number of nitrogens with zero attached hydrogens (tertiary/aromatic N) is 2. The molecule has 144 valence electrons. The van der Waals surface area contributed by atoms with Gasteiger partial charge in [0.2, 0.25) is 5.91 Å². The summed E-state index contributed by atoms with van der Waals surface area (Å²) in [4.78, 5) is 41.2. The van der Waals surface area contributed by atoms with E-state index in [0.717, 1.165) is 5.39 Å². The molecule has 4 rings (SSSR count). The summed E-state index contributed by atoms with van der Waals surface area (Å²) in [6, 6.07) is 12.9. The number of carbonyl (C=O) groups excluding carboxylic acids is 3. The van der Waals surface area contributed by atoms with Crippen molar-refractivity contribution in [3.63, 3.8) is 0 Å². The fourth-order valence-corrected chi connectivity index (χ4v) is 4.04. The third kappa shape index (κ3) is 3.84. The minimum absolute atomic E-state index is 0.00190. The van der Waals surface area contributed by atoms with Crippen LogP contribution in [0.2, 0.25) is 0 Å². The Kier molecular flexibility index (Phi) is 5.25. The molecule has 0 atom stereocenters. The van der Waals surface area contributed by atoms with Gasteiger partial charge in [0, 0.05) is 44.4 Å². The number of benzene rings is 1. The van der Waals surface area contributed by atoms with Crippen LogP contribution in [0.25, 0.3) is 11.0 Å². The highest BCUT2D eigenvalue weighted by Crippen LogP contribution is 2.21. The van der Waals surface area contributed by atoms with E-state index in [1.54, 1.807) is 21.9 Å². The largest absolute Gasteiger partial charge is 0.451 e. The monoisotopic (exact) mass is 396 g/mol. The zero-order chi connectivity index (χ0) is 19.5. The lowest BCUT2D eigenvalue weighted by atomic mass is 10.1. The van der Waals surface area contributed by atoms with E-state index in [1.165, 1.54) is 11.3 Å². The van der Waals surface area contributed by atoms with Gasteiger partial charge in [0.25, 0.3) is 5.91 Å². The van der Waals surface area contributed by atoms with Crippen LogP contribution in [0.3, 0.4) is 0 Å². The van der Waals surface area contributed by atoms with Gasteiger partial charge in [-0.2, -0.15) is 0 Å². The van der Waals surface area contributed by atoms with Crippen LogP contribution in [0.4, 0.5) is 0 Å². The van der Waals surface area contributed by atoms with Crippen molar-refractivity contribution in [1.82, 2.24) is 9.80 Å². The molecule has 1 saturated heterocycles. The molecule has 1 aromatic carbocycles. The first-order chi connectivity index (χ1) is 13.6. The van der Waals surface area contributed by atoms with Gasteiger partial charge in [0.05, 0.1) is 4.88 Å². The normalized spacial score (nSPS) is 14.4. The van der Waals surface area contributed by atoms with Crippen LogP contribution in [0, 0.1) is 0 Å². The van der Waals surface area contributed by atoms with Gasteiger partial charge in [-0.15, -0.1) is 11.3 Å². The molecule has 0 N–H and O–H groups in total. The molecule has 0 aliphatic carbocycles. The molecule has 3 heterocycles. The van der Waals surface area contributed by atoms with Crippen LogP contribution in [0.1, 0.15) is 33.1 Å². The number of fused-ring (bicyclic) bond motifs is 1. The molecule has 0 unspecified atom stereocenters. The van der Waals surface area contributed by atoms with Crippen LogP contribution < -0.4 is 0 Å². The van der Waals surface area contributed by atoms with Gasteiger partial charge in [-0.3, -0.25) is 14.4 Å². The maximum Gasteiger partial charge on any atom is 0.289 e. The number of furan rings is 1. The Morgan fingerprint density at radius 3 is 2.39 bits per heavy atom. The van der Waals surface area contributed by atoms with Crippen molar-refractivity contribution in [2.45, 2.75) is 12.8 Å². The summed E-state index contributed by atoms with van der Waals surface area (Å²) in [7, 11) is 0. The van der Waals surface area contributed by atoms with Gasteiger partial charge in [-0.25, -0.2) is 0 Å². The lowest BCUT2D eigenvalue weighted by Crippen LogP contribution is -2.50. The number of rotatable bonds is 5. The van der Waals surface area contributed by atoms with Gasteiger partial charge in [0.1, 0.15) is 5.58 Å². The summed E-state index contributed by atoms with van der Waals surface area (Å²) < 4.78 is 5.65. The lowest BCUT2D eigenvalue weighted by Gasteiger charge is -2.34. The van der Waals surface area contributed by atoms with E-state index >= 15 is 0 Å². The van der Waals surface area contributed by atoms with Gasteiger partial charge in [0.15, 0.2) is 11.5 Å². The van der Waals surface area contributed by atoms with E-state index in [1.807, 2.05) is 35.7 Å². The van der Waals surface area contributed by atoms with Crippen molar-refractivity contribution in [3.8, 4) is 0 Å². The number of piperazine rings is 1. The highest BCUT2D eigenvalue weighted by Gasteiger charge is 2.26. The van der Waals surface area contributed by atoms with Crippen LogP contribution in [0.15, 0.2) is 52.3 Å². The molecule has 2 aromatic heterocycles. The summed E-state index contributed by atoms with van der Waals surface area (Å²) in [5.41, 5.74) is 0.690. The van der Waals surface area contributed by atoms with Crippen molar-refractivity contribution >= 4 is 39.9 Å².